The Labute approximate surface area is 312 Å². The van der Waals surface area contributed by atoms with E-state index in [-0.39, 0.29) is 0 Å². The van der Waals surface area contributed by atoms with Crippen molar-refractivity contribution >= 4 is 55.5 Å². The molecule has 0 amide bonds. The summed E-state index contributed by atoms with van der Waals surface area (Å²) in [6.07, 6.45) is 10.1. The van der Waals surface area contributed by atoms with Gasteiger partial charge in [-0.1, -0.05) is 116 Å². The topological polar surface area (TPSA) is 31.0 Å². The normalized spacial score (nSPS) is 18.6. The van der Waals surface area contributed by atoms with E-state index >= 15 is 0 Å². The first kappa shape index (κ1) is 29.8. The third-order valence-corrected chi connectivity index (χ3v) is 12.4. The Balaban J connectivity index is 1.14. The van der Waals surface area contributed by atoms with Crippen LogP contribution in [-0.2, 0) is 5.41 Å². The van der Waals surface area contributed by atoms with E-state index in [1.807, 2.05) is 6.20 Å². The van der Waals surface area contributed by atoms with Crippen molar-refractivity contribution in [1.29, 1.82) is 0 Å². The number of para-hydroxylation sites is 2. The maximum atomic E-state index is 6.63. The Morgan fingerprint density at radius 2 is 1.43 bits per heavy atom. The highest BCUT2D eigenvalue weighted by atomic mass is 16.3. The molecule has 0 aliphatic heterocycles. The van der Waals surface area contributed by atoms with Crippen LogP contribution >= 0.6 is 0 Å². The lowest BCUT2D eigenvalue weighted by molar-refractivity contribution is 0.663. The maximum Gasteiger partial charge on any atom is 0.145 e. The van der Waals surface area contributed by atoms with Crippen LogP contribution in [0.1, 0.15) is 41.2 Å². The molecule has 9 aromatic rings. The second-order valence-corrected chi connectivity index (χ2v) is 15.1. The van der Waals surface area contributed by atoms with E-state index in [0.717, 1.165) is 39.7 Å². The van der Waals surface area contributed by atoms with Crippen LogP contribution in [0, 0.1) is 5.92 Å². The first-order valence-corrected chi connectivity index (χ1v) is 18.9. The Morgan fingerprint density at radius 1 is 0.630 bits per heavy atom. The van der Waals surface area contributed by atoms with Crippen molar-refractivity contribution in [2.75, 3.05) is 0 Å². The molecule has 3 nitrogen and oxygen atoms in total. The molecule has 54 heavy (non-hydrogen) atoms. The number of pyridine rings is 1. The molecule has 0 saturated carbocycles. The molecule has 2 atom stereocenters. The zero-order valence-electron chi connectivity index (χ0n) is 29.8. The smallest absolute Gasteiger partial charge is 0.145 e. The second-order valence-electron chi connectivity index (χ2n) is 15.1. The minimum Gasteiger partial charge on any atom is -0.456 e. The minimum absolute atomic E-state index is 0.318. The van der Waals surface area contributed by atoms with Crippen LogP contribution in [-0.4, -0.2) is 9.55 Å². The predicted molar refractivity (Wildman–Crippen MR) is 222 cm³/mol. The van der Waals surface area contributed by atoms with Gasteiger partial charge in [-0.15, -0.1) is 0 Å². The number of hydrogen-bond acceptors (Lipinski definition) is 2. The van der Waals surface area contributed by atoms with Crippen LogP contribution in [0.5, 0.6) is 0 Å². The van der Waals surface area contributed by atoms with E-state index in [0.29, 0.717) is 5.92 Å². The molecule has 0 saturated heterocycles. The zero-order chi connectivity index (χ0) is 35.5. The van der Waals surface area contributed by atoms with Gasteiger partial charge in [-0.05, 0) is 123 Å². The summed E-state index contributed by atoms with van der Waals surface area (Å²) in [6.45, 7) is 2.39. The van der Waals surface area contributed by atoms with Crippen molar-refractivity contribution in [1.82, 2.24) is 9.55 Å². The van der Waals surface area contributed by atoms with Gasteiger partial charge in [-0.2, -0.15) is 0 Å². The molecule has 12 rings (SSSR count). The zero-order valence-corrected chi connectivity index (χ0v) is 29.8. The fourth-order valence-electron chi connectivity index (χ4n) is 10.1. The van der Waals surface area contributed by atoms with Gasteiger partial charge in [-0.3, -0.25) is 4.57 Å². The molecule has 3 heteroatoms. The van der Waals surface area contributed by atoms with Gasteiger partial charge in [0, 0.05) is 33.4 Å². The van der Waals surface area contributed by atoms with Crippen LogP contribution in [0.4, 0.5) is 0 Å². The largest absolute Gasteiger partial charge is 0.456 e. The molecule has 2 unspecified atom stereocenters. The van der Waals surface area contributed by atoms with Crippen LogP contribution in [0.3, 0.4) is 0 Å². The predicted octanol–water partition coefficient (Wildman–Crippen LogP) is 12.8. The minimum atomic E-state index is -0.530. The van der Waals surface area contributed by atoms with Gasteiger partial charge in [0.05, 0.1) is 10.9 Å². The summed E-state index contributed by atoms with van der Waals surface area (Å²) in [6, 6.07) is 53.2. The molecule has 254 valence electrons. The average molecular weight is 691 g/mol. The van der Waals surface area contributed by atoms with Crippen molar-refractivity contribution in [2.24, 2.45) is 5.92 Å². The van der Waals surface area contributed by atoms with E-state index in [4.69, 9.17) is 9.40 Å². The van der Waals surface area contributed by atoms with E-state index in [9.17, 15) is 0 Å². The lowest BCUT2D eigenvalue weighted by Gasteiger charge is -2.39. The SMILES string of the molecule is CC1CC2=C(C=C1c1ccc3c(c1)c1cccnc1n3-c1ccccc1)C1(c3ccccc3C=C2)c2ccccc2-c2cc3c(cc21)oc1ccccc13. The fourth-order valence-corrected chi connectivity index (χ4v) is 10.1. The van der Waals surface area contributed by atoms with E-state index in [1.54, 1.807) is 0 Å². The lowest BCUT2D eigenvalue weighted by atomic mass is 9.63. The van der Waals surface area contributed by atoms with Crippen LogP contribution in [0.15, 0.2) is 180 Å². The molecule has 3 aromatic heterocycles. The summed E-state index contributed by atoms with van der Waals surface area (Å²) in [4.78, 5) is 4.89. The molecule has 1 spiro atoms. The molecule has 0 radical (unpaired) electrons. The summed E-state index contributed by atoms with van der Waals surface area (Å²) in [7, 11) is 0. The van der Waals surface area contributed by atoms with Gasteiger partial charge in [0.15, 0.2) is 0 Å². The standard InChI is InChI=1S/C51H34N2O/c1-31-26-34-22-21-32-12-5-8-18-43(32)51(44-19-9-6-15-36(44)40-28-42-37-16-7-10-20-48(37)54-49(42)30-46(40)51)45(34)29-39(31)33-23-24-47-41(27-33)38-17-11-25-52-50(38)53(47)35-13-3-2-4-14-35/h2-25,27-31H,26H2,1H3. The van der Waals surface area contributed by atoms with Crippen molar-refractivity contribution in [3.05, 3.63) is 203 Å². The monoisotopic (exact) mass is 690 g/mol. The van der Waals surface area contributed by atoms with Crippen molar-refractivity contribution in [3.63, 3.8) is 0 Å². The van der Waals surface area contributed by atoms with Gasteiger partial charge < -0.3 is 4.42 Å². The summed E-state index contributed by atoms with van der Waals surface area (Å²) in [5.74, 6) is 0.318. The Bertz CT molecular complexity index is 3150. The highest BCUT2D eigenvalue weighted by Crippen LogP contribution is 2.61. The van der Waals surface area contributed by atoms with Crippen molar-refractivity contribution in [2.45, 2.75) is 18.8 Å². The molecule has 0 fully saturated rings. The highest BCUT2D eigenvalue weighted by molar-refractivity contribution is 6.10. The van der Waals surface area contributed by atoms with Crippen LogP contribution < -0.4 is 0 Å². The lowest BCUT2D eigenvalue weighted by Crippen LogP contribution is -2.31. The number of nitrogens with zero attached hydrogens (tertiary/aromatic N) is 2. The number of benzene rings is 6. The van der Waals surface area contributed by atoms with Gasteiger partial charge in [0.2, 0.25) is 0 Å². The average Bonchev–Trinajstić information content (AvgIpc) is 3.82. The third kappa shape index (κ3) is 3.88. The molecule has 0 bridgehead atoms. The molecule has 3 heterocycles. The first-order chi connectivity index (χ1) is 26.7. The van der Waals surface area contributed by atoms with E-state index in [2.05, 4.69) is 175 Å². The van der Waals surface area contributed by atoms with Gasteiger partial charge in [-0.25, -0.2) is 4.98 Å². The van der Waals surface area contributed by atoms with Gasteiger partial charge in [0.25, 0.3) is 0 Å². The number of furan rings is 1. The number of allylic oxidation sites excluding steroid dienone is 5. The molecular formula is C51H34N2O. The quantitative estimate of drug-likeness (QED) is 0.181. The number of fused-ring (bicyclic) bond motifs is 14. The molecule has 0 N–H and O–H groups in total. The maximum absolute atomic E-state index is 6.63. The summed E-state index contributed by atoms with van der Waals surface area (Å²) >= 11 is 0. The third-order valence-electron chi connectivity index (χ3n) is 12.4. The summed E-state index contributed by atoms with van der Waals surface area (Å²) < 4.78 is 8.92. The Kier molecular flexibility index (Phi) is 6.03. The molecule has 6 aromatic carbocycles. The van der Waals surface area contributed by atoms with Gasteiger partial charge in [0.1, 0.15) is 16.8 Å². The number of hydrogen-bond donors (Lipinski definition) is 0. The van der Waals surface area contributed by atoms with Gasteiger partial charge >= 0.3 is 0 Å². The summed E-state index contributed by atoms with van der Waals surface area (Å²) in [5.41, 5.74) is 17.7. The number of aromatic nitrogens is 2. The summed E-state index contributed by atoms with van der Waals surface area (Å²) in [5, 5.41) is 4.70. The van der Waals surface area contributed by atoms with Crippen molar-refractivity contribution in [3.8, 4) is 16.8 Å². The van der Waals surface area contributed by atoms with Crippen LogP contribution in [0.2, 0.25) is 0 Å². The highest BCUT2D eigenvalue weighted by Gasteiger charge is 2.50. The Morgan fingerprint density at radius 3 is 2.35 bits per heavy atom. The molecule has 3 aliphatic carbocycles. The molecular weight excluding hydrogens is 657 g/mol. The van der Waals surface area contributed by atoms with Crippen LogP contribution in [0.25, 0.3) is 72.3 Å². The molecule has 3 aliphatic rings. The number of rotatable bonds is 2. The fraction of sp³-hybridized carbons (Fsp3) is 0.0784. The Hall–Kier alpha value is -6.71. The second kappa shape index (κ2) is 10.9. The van der Waals surface area contributed by atoms with E-state index in [1.165, 1.54) is 72.0 Å². The first-order valence-electron chi connectivity index (χ1n) is 18.9. The van der Waals surface area contributed by atoms with E-state index < -0.39 is 5.41 Å². The van der Waals surface area contributed by atoms with Crippen molar-refractivity contribution < 1.29 is 4.42 Å².